The van der Waals surface area contributed by atoms with Crippen molar-refractivity contribution in [3.8, 4) is 0 Å². The Kier molecular flexibility index (Phi) is 6.04. The van der Waals surface area contributed by atoms with E-state index in [2.05, 4.69) is 0 Å². The zero-order chi connectivity index (χ0) is 13.5. The predicted octanol–water partition coefficient (Wildman–Crippen LogP) is 0.524. The lowest BCUT2D eigenvalue weighted by atomic mass is 10.2. The Morgan fingerprint density at radius 2 is 2.17 bits per heavy atom. The van der Waals surface area contributed by atoms with Crippen molar-refractivity contribution in [3.63, 3.8) is 0 Å². The van der Waals surface area contributed by atoms with Crippen molar-refractivity contribution in [2.24, 2.45) is 5.73 Å². The van der Waals surface area contributed by atoms with Gasteiger partial charge in [0.15, 0.2) is 0 Å². The van der Waals surface area contributed by atoms with E-state index in [-0.39, 0.29) is 18.4 Å². The first-order chi connectivity index (χ1) is 8.50. The fourth-order valence-corrected chi connectivity index (χ4v) is 1.98. The standard InChI is InChI=1S/C12H21N3O2S/c1-14(8-6-10(13)18)12(17)9-15-7-4-2-3-5-11(15)16/h2-9H2,1H3,(H2,13,18). The van der Waals surface area contributed by atoms with Crippen LogP contribution in [0.4, 0.5) is 0 Å². The zero-order valence-corrected chi connectivity index (χ0v) is 11.7. The molecule has 0 atom stereocenters. The minimum absolute atomic E-state index is 0.0542. The molecule has 102 valence electrons. The fraction of sp³-hybridized carbons (Fsp3) is 0.750. The summed E-state index contributed by atoms with van der Waals surface area (Å²) < 4.78 is 0. The second-order valence-corrected chi connectivity index (χ2v) is 5.18. The fourth-order valence-electron chi connectivity index (χ4n) is 1.89. The number of amides is 2. The van der Waals surface area contributed by atoms with Crippen LogP contribution >= 0.6 is 12.2 Å². The van der Waals surface area contributed by atoms with E-state index < -0.39 is 0 Å². The number of nitrogens with zero attached hydrogens (tertiary/aromatic N) is 2. The van der Waals surface area contributed by atoms with Crippen molar-refractivity contribution < 1.29 is 9.59 Å². The highest BCUT2D eigenvalue weighted by Crippen LogP contribution is 2.11. The molecule has 1 saturated heterocycles. The lowest BCUT2D eigenvalue weighted by Crippen LogP contribution is -2.42. The van der Waals surface area contributed by atoms with Gasteiger partial charge in [0, 0.05) is 33.0 Å². The van der Waals surface area contributed by atoms with Crippen LogP contribution in [0.25, 0.3) is 0 Å². The Hall–Kier alpha value is -1.17. The Balaban J connectivity index is 2.41. The van der Waals surface area contributed by atoms with Crippen LogP contribution in [0.3, 0.4) is 0 Å². The first kappa shape index (κ1) is 14.9. The molecule has 0 unspecified atom stereocenters. The normalized spacial score (nSPS) is 16.3. The molecular weight excluding hydrogens is 250 g/mol. The zero-order valence-electron chi connectivity index (χ0n) is 10.9. The molecule has 1 heterocycles. The van der Waals surface area contributed by atoms with Crippen LogP contribution < -0.4 is 5.73 Å². The summed E-state index contributed by atoms with van der Waals surface area (Å²) in [5.41, 5.74) is 5.40. The van der Waals surface area contributed by atoms with Crippen LogP contribution in [0.2, 0.25) is 0 Å². The van der Waals surface area contributed by atoms with Gasteiger partial charge in [-0.05, 0) is 12.8 Å². The van der Waals surface area contributed by atoms with Gasteiger partial charge < -0.3 is 15.5 Å². The number of nitrogens with two attached hydrogens (primary N) is 1. The number of thiocarbonyl (C=S) groups is 1. The number of likely N-dealkylation sites (N-methyl/N-ethyl adjacent to an activating group) is 1. The molecule has 5 nitrogen and oxygen atoms in total. The van der Waals surface area contributed by atoms with E-state index in [1.165, 1.54) is 0 Å². The summed E-state index contributed by atoms with van der Waals surface area (Å²) in [6.45, 7) is 1.37. The lowest BCUT2D eigenvalue weighted by molar-refractivity contribution is -0.139. The molecule has 2 amide bonds. The van der Waals surface area contributed by atoms with Crippen LogP contribution in [0.5, 0.6) is 0 Å². The summed E-state index contributed by atoms with van der Waals surface area (Å²) in [5, 5.41) is 0. The Labute approximate surface area is 113 Å². The molecule has 0 aromatic carbocycles. The minimum atomic E-state index is -0.0542. The van der Waals surface area contributed by atoms with Crippen molar-refractivity contribution >= 4 is 29.0 Å². The van der Waals surface area contributed by atoms with Gasteiger partial charge >= 0.3 is 0 Å². The molecule has 1 aliphatic rings. The van der Waals surface area contributed by atoms with Crippen molar-refractivity contribution in [1.82, 2.24) is 9.80 Å². The molecule has 2 N–H and O–H groups in total. The summed E-state index contributed by atoms with van der Waals surface area (Å²) in [6.07, 6.45) is 4.06. The average molecular weight is 271 g/mol. The highest BCUT2D eigenvalue weighted by molar-refractivity contribution is 7.80. The van der Waals surface area contributed by atoms with Crippen LogP contribution in [-0.4, -0.2) is 53.3 Å². The van der Waals surface area contributed by atoms with E-state index in [1.54, 1.807) is 16.8 Å². The molecule has 1 rings (SSSR count). The van der Waals surface area contributed by atoms with E-state index in [0.29, 0.717) is 30.9 Å². The van der Waals surface area contributed by atoms with Crippen LogP contribution in [-0.2, 0) is 9.59 Å². The maximum absolute atomic E-state index is 11.9. The maximum atomic E-state index is 11.9. The second kappa shape index (κ2) is 7.31. The largest absolute Gasteiger partial charge is 0.393 e. The number of likely N-dealkylation sites (tertiary alicyclic amines) is 1. The van der Waals surface area contributed by atoms with Crippen LogP contribution in [0, 0.1) is 0 Å². The highest BCUT2D eigenvalue weighted by Gasteiger charge is 2.20. The maximum Gasteiger partial charge on any atom is 0.241 e. The number of hydrogen-bond donors (Lipinski definition) is 1. The predicted molar refractivity (Wildman–Crippen MR) is 74.1 cm³/mol. The van der Waals surface area contributed by atoms with E-state index in [0.717, 1.165) is 19.3 Å². The third kappa shape index (κ3) is 5.00. The SMILES string of the molecule is CN(CCC(N)=S)C(=O)CN1CCCCCC1=O. The van der Waals surface area contributed by atoms with Gasteiger partial charge in [0.05, 0.1) is 11.5 Å². The molecule has 0 aromatic heterocycles. The summed E-state index contributed by atoms with van der Waals surface area (Å²) in [5.74, 6) is 0.0325. The third-order valence-electron chi connectivity index (χ3n) is 3.12. The van der Waals surface area contributed by atoms with Gasteiger partial charge in [-0.15, -0.1) is 0 Å². The van der Waals surface area contributed by atoms with Gasteiger partial charge in [-0.2, -0.15) is 0 Å². The molecular formula is C12H21N3O2S. The van der Waals surface area contributed by atoms with Crippen molar-refractivity contribution in [2.45, 2.75) is 32.1 Å². The summed E-state index contributed by atoms with van der Waals surface area (Å²) in [4.78, 5) is 27.3. The Morgan fingerprint density at radius 3 is 2.83 bits per heavy atom. The first-order valence-corrected chi connectivity index (χ1v) is 6.71. The summed E-state index contributed by atoms with van der Waals surface area (Å²) >= 11 is 4.77. The smallest absolute Gasteiger partial charge is 0.241 e. The molecule has 0 radical (unpaired) electrons. The van der Waals surface area contributed by atoms with Crippen molar-refractivity contribution in [2.75, 3.05) is 26.7 Å². The molecule has 1 aliphatic heterocycles. The molecule has 0 saturated carbocycles. The molecule has 6 heteroatoms. The third-order valence-corrected chi connectivity index (χ3v) is 3.32. The number of carbonyl (C=O) groups excluding carboxylic acids is 2. The van der Waals surface area contributed by atoms with E-state index >= 15 is 0 Å². The van der Waals surface area contributed by atoms with E-state index in [1.807, 2.05) is 0 Å². The van der Waals surface area contributed by atoms with Gasteiger partial charge in [0.25, 0.3) is 0 Å². The lowest BCUT2D eigenvalue weighted by Gasteiger charge is -2.24. The van der Waals surface area contributed by atoms with E-state index in [4.69, 9.17) is 18.0 Å². The Morgan fingerprint density at radius 1 is 1.44 bits per heavy atom. The number of carbonyl (C=O) groups is 2. The summed E-state index contributed by atoms with van der Waals surface area (Å²) in [7, 11) is 1.71. The number of hydrogen-bond acceptors (Lipinski definition) is 3. The van der Waals surface area contributed by atoms with Crippen molar-refractivity contribution in [1.29, 1.82) is 0 Å². The molecule has 0 bridgehead atoms. The average Bonchev–Trinajstić information content (AvgIpc) is 2.51. The van der Waals surface area contributed by atoms with Crippen LogP contribution in [0.1, 0.15) is 32.1 Å². The minimum Gasteiger partial charge on any atom is -0.393 e. The topological polar surface area (TPSA) is 66.6 Å². The monoisotopic (exact) mass is 271 g/mol. The molecule has 1 fully saturated rings. The van der Waals surface area contributed by atoms with Crippen molar-refractivity contribution in [3.05, 3.63) is 0 Å². The van der Waals surface area contributed by atoms with Crippen LogP contribution in [0.15, 0.2) is 0 Å². The van der Waals surface area contributed by atoms with Gasteiger partial charge in [-0.1, -0.05) is 18.6 Å². The first-order valence-electron chi connectivity index (χ1n) is 6.30. The van der Waals surface area contributed by atoms with Gasteiger partial charge in [-0.25, -0.2) is 0 Å². The molecule has 0 spiro atoms. The van der Waals surface area contributed by atoms with Gasteiger partial charge in [-0.3, -0.25) is 9.59 Å². The van der Waals surface area contributed by atoms with E-state index in [9.17, 15) is 9.59 Å². The molecule has 0 aliphatic carbocycles. The molecule has 0 aromatic rings. The number of rotatable bonds is 5. The highest BCUT2D eigenvalue weighted by atomic mass is 32.1. The quantitative estimate of drug-likeness (QED) is 0.741. The summed E-state index contributed by atoms with van der Waals surface area (Å²) in [6, 6.07) is 0. The second-order valence-electron chi connectivity index (χ2n) is 4.66. The Bertz CT molecular complexity index is 333. The molecule has 18 heavy (non-hydrogen) atoms. The van der Waals surface area contributed by atoms with Gasteiger partial charge in [0.2, 0.25) is 11.8 Å². The van der Waals surface area contributed by atoms with Gasteiger partial charge in [0.1, 0.15) is 0 Å².